The van der Waals surface area contributed by atoms with Crippen LogP contribution in [0.1, 0.15) is 42.4 Å². The lowest BCUT2D eigenvalue weighted by Gasteiger charge is -2.09. The summed E-state index contributed by atoms with van der Waals surface area (Å²) < 4.78 is 41.6. The minimum atomic E-state index is -4.87. The molecule has 0 spiro atoms. The lowest BCUT2D eigenvalue weighted by molar-refractivity contribution is -0.274. The molecule has 1 amide bonds. The number of ether oxygens (including phenoxy) is 1. The monoisotopic (exact) mass is 595 g/mol. The Kier molecular flexibility index (Phi) is 9.00. The number of allylic oxidation sites excluding steroid dienone is 2. The number of thiophene rings is 1. The van der Waals surface area contributed by atoms with E-state index in [1.165, 1.54) is 35.6 Å². The van der Waals surface area contributed by atoms with Crippen molar-refractivity contribution in [1.82, 2.24) is 5.32 Å². The van der Waals surface area contributed by atoms with Gasteiger partial charge in [0.1, 0.15) is 5.75 Å². The van der Waals surface area contributed by atoms with E-state index in [4.69, 9.17) is 5.11 Å². The van der Waals surface area contributed by atoms with Gasteiger partial charge in [-0.3, -0.25) is 19.2 Å². The van der Waals surface area contributed by atoms with Gasteiger partial charge in [-0.15, -0.1) is 24.5 Å². The largest absolute Gasteiger partial charge is 0.573 e. The van der Waals surface area contributed by atoms with Gasteiger partial charge >= 0.3 is 12.3 Å². The molecule has 7 nitrogen and oxygen atoms in total. The molecule has 0 atom stereocenters. The van der Waals surface area contributed by atoms with E-state index in [0.29, 0.717) is 9.35 Å². The van der Waals surface area contributed by atoms with E-state index in [0.717, 1.165) is 30.3 Å². The molecule has 2 N–H and O–H groups in total. The summed E-state index contributed by atoms with van der Waals surface area (Å²) in [5.41, 5.74) is 0.488. The molecule has 0 saturated heterocycles. The number of halogens is 4. The fourth-order valence-electron chi connectivity index (χ4n) is 3.05. The van der Waals surface area contributed by atoms with Gasteiger partial charge in [-0.1, -0.05) is 12.1 Å². The van der Waals surface area contributed by atoms with Crippen LogP contribution in [0.5, 0.6) is 5.75 Å². The number of ketones is 2. The zero-order chi connectivity index (χ0) is 27.2. The standard InChI is InChI=1S/C25H17BrF3NO6S/c26-17-11-21(37-13-17)19(12-20(31)14-5-7-18(8-6-14)36-25(27,28)29)23(34)15-1-3-16(4-2-15)24(35)30-10-9-22(32)33/h1-8,11-13H,9-10H2,(H,30,35)(H,32,33)/b19-12-. The highest BCUT2D eigenvalue weighted by atomic mass is 79.9. The van der Waals surface area contributed by atoms with Crippen LogP contribution in [0.15, 0.2) is 70.5 Å². The van der Waals surface area contributed by atoms with Crippen LogP contribution in [0.2, 0.25) is 0 Å². The molecule has 0 bridgehead atoms. The number of carboxylic acid groups (broad SMARTS) is 1. The van der Waals surface area contributed by atoms with Gasteiger partial charge in [0.15, 0.2) is 11.6 Å². The van der Waals surface area contributed by atoms with Crippen molar-refractivity contribution in [3.63, 3.8) is 0 Å². The number of amides is 1. The number of carboxylic acids is 1. The summed E-state index contributed by atoms with van der Waals surface area (Å²) >= 11 is 4.50. The number of nitrogens with one attached hydrogen (secondary N) is 1. The summed E-state index contributed by atoms with van der Waals surface area (Å²) in [5.74, 6) is -3.18. The predicted molar refractivity (Wildman–Crippen MR) is 133 cm³/mol. The number of carbonyl (C=O) groups excluding carboxylic acids is 3. The maximum Gasteiger partial charge on any atom is 0.573 e. The predicted octanol–water partition coefficient (Wildman–Crippen LogP) is 5.76. The normalized spacial score (nSPS) is 11.6. The average Bonchev–Trinajstić information content (AvgIpc) is 3.27. The zero-order valence-electron chi connectivity index (χ0n) is 18.7. The van der Waals surface area contributed by atoms with Crippen LogP contribution in [0.3, 0.4) is 0 Å². The van der Waals surface area contributed by atoms with Gasteiger partial charge < -0.3 is 15.2 Å². The molecule has 37 heavy (non-hydrogen) atoms. The minimum absolute atomic E-state index is 0.0452. The molecule has 12 heteroatoms. The highest BCUT2D eigenvalue weighted by molar-refractivity contribution is 9.10. The molecule has 2 aromatic carbocycles. The molecular formula is C25H17BrF3NO6S. The highest BCUT2D eigenvalue weighted by Gasteiger charge is 2.31. The first-order chi connectivity index (χ1) is 17.4. The SMILES string of the molecule is O=C(O)CCNC(=O)c1ccc(C(=O)/C(=C\C(=O)c2ccc(OC(F)(F)F)cc2)c2cc(Br)cs2)cc1. The van der Waals surface area contributed by atoms with Crippen molar-refractivity contribution in [2.45, 2.75) is 12.8 Å². The number of benzene rings is 2. The van der Waals surface area contributed by atoms with Crippen molar-refractivity contribution in [3.8, 4) is 5.75 Å². The average molecular weight is 596 g/mol. The van der Waals surface area contributed by atoms with E-state index in [-0.39, 0.29) is 35.2 Å². The van der Waals surface area contributed by atoms with Crippen molar-refractivity contribution < 1.29 is 42.2 Å². The molecule has 0 radical (unpaired) electrons. The number of Topliss-reactive ketones (excluding diaryl/α,β-unsaturated/α-hetero) is 1. The Labute approximate surface area is 220 Å². The van der Waals surface area contributed by atoms with Crippen LogP contribution in [0.4, 0.5) is 13.2 Å². The molecular weight excluding hydrogens is 579 g/mol. The van der Waals surface area contributed by atoms with Gasteiger partial charge in [0.25, 0.3) is 5.91 Å². The zero-order valence-corrected chi connectivity index (χ0v) is 21.1. The number of carbonyl (C=O) groups is 4. The number of hydrogen-bond donors (Lipinski definition) is 2. The van der Waals surface area contributed by atoms with Gasteiger partial charge in [0.05, 0.1) is 6.42 Å². The first kappa shape index (κ1) is 27.8. The second-order valence-corrected chi connectivity index (χ2v) is 9.26. The van der Waals surface area contributed by atoms with Gasteiger partial charge in [0.2, 0.25) is 0 Å². The summed E-state index contributed by atoms with van der Waals surface area (Å²) in [4.78, 5) is 49.4. The molecule has 0 unspecified atom stereocenters. The molecule has 0 aliphatic heterocycles. The van der Waals surface area contributed by atoms with Gasteiger partial charge in [-0.25, -0.2) is 0 Å². The Morgan fingerprint density at radius 2 is 1.57 bits per heavy atom. The minimum Gasteiger partial charge on any atom is -0.481 e. The Morgan fingerprint density at radius 3 is 2.11 bits per heavy atom. The van der Waals surface area contributed by atoms with Gasteiger partial charge in [-0.05, 0) is 64.5 Å². The highest BCUT2D eigenvalue weighted by Crippen LogP contribution is 2.30. The quantitative estimate of drug-likeness (QED) is 0.228. The van der Waals surface area contributed by atoms with Crippen LogP contribution in [-0.2, 0) is 4.79 Å². The molecule has 1 aromatic heterocycles. The molecule has 0 saturated carbocycles. The Bertz CT molecular complexity index is 1350. The fourth-order valence-corrected chi connectivity index (χ4v) is 4.49. The third kappa shape index (κ3) is 8.12. The molecule has 0 aliphatic rings. The van der Waals surface area contributed by atoms with E-state index in [1.807, 2.05) is 0 Å². The van der Waals surface area contributed by atoms with E-state index in [1.54, 1.807) is 11.4 Å². The molecule has 192 valence electrons. The van der Waals surface area contributed by atoms with Crippen LogP contribution < -0.4 is 10.1 Å². The van der Waals surface area contributed by atoms with Crippen molar-refractivity contribution in [3.05, 3.63) is 92.1 Å². The topological polar surface area (TPSA) is 110 Å². The number of rotatable bonds is 10. The van der Waals surface area contributed by atoms with E-state index in [2.05, 4.69) is 26.0 Å². The Balaban J connectivity index is 1.84. The maximum absolute atomic E-state index is 13.3. The van der Waals surface area contributed by atoms with Crippen molar-refractivity contribution in [2.24, 2.45) is 0 Å². The smallest absolute Gasteiger partial charge is 0.481 e. The van der Waals surface area contributed by atoms with E-state index < -0.39 is 35.6 Å². The van der Waals surface area contributed by atoms with Crippen LogP contribution >= 0.6 is 27.3 Å². The van der Waals surface area contributed by atoms with Crippen molar-refractivity contribution >= 4 is 56.3 Å². The summed E-state index contributed by atoms with van der Waals surface area (Å²) in [6, 6.07) is 11.5. The Morgan fingerprint density at radius 1 is 0.973 bits per heavy atom. The number of aliphatic carboxylic acids is 1. The van der Waals surface area contributed by atoms with E-state index in [9.17, 15) is 32.3 Å². The van der Waals surface area contributed by atoms with E-state index >= 15 is 0 Å². The number of alkyl halides is 3. The molecule has 1 heterocycles. The first-order valence-electron chi connectivity index (χ1n) is 10.4. The second-order valence-electron chi connectivity index (χ2n) is 7.43. The summed E-state index contributed by atoms with van der Waals surface area (Å²) in [6.07, 6.45) is -4.00. The molecule has 3 rings (SSSR count). The molecule has 0 aliphatic carbocycles. The summed E-state index contributed by atoms with van der Waals surface area (Å²) in [6.45, 7) is -0.0551. The van der Waals surface area contributed by atoms with Crippen molar-refractivity contribution in [2.75, 3.05) is 6.54 Å². The van der Waals surface area contributed by atoms with Gasteiger partial charge in [-0.2, -0.15) is 0 Å². The third-order valence-electron chi connectivity index (χ3n) is 4.76. The lowest BCUT2D eigenvalue weighted by atomic mass is 9.98. The maximum atomic E-state index is 13.3. The summed E-state index contributed by atoms with van der Waals surface area (Å²) in [7, 11) is 0. The number of hydrogen-bond acceptors (Lipinski definition) is 6. The van der Waals surface area contributed by atoms with Crippen LogP contribution in [-0.4, -0.2) is 41.5 Å². The third-order valence-corrected chi connectivity index (χ3v) is 6.48. The molecule has 0 fully saturated rings. The van der Waals surface area contributed by atoms with Crippen molar-refractivity contribution in [1.29, 1.82) is 0 Å². The van der Waals surface area contributed by atoms with Crippen LogP contribution in [0, 0.1) is 0 Å². The van der Waals surface area contributed by atoms with Crippen LogP contribution in [0.25, 0.3) is 5.57 Å². The second kappa shape index (κ2) is 12.0. The Hall–Kier alpha value is -3.77. The molecule has 3 aromatic rings. The lowest BCUT2D eigenvalue weighted by Crippen LogP contribution is -2.26. The summed E-state index contributed by atoms with van der Waals surface area (Å²) in [5, 5.41) is 12.8. The first-order valence-corrected chi connectivity index (χ1v) is 12.1. The van der Waals surface area contributed by atoms with Gasteiger partial charge in [0, 0.05) is 43.5 Å². The fraction of sp³-hybridized carbons (Fsp3) is 0.120.